The average molecular weight is 278 g/mol. The van der Waals surface area contributed by atoms with E-state index < -0.39 is 0 Å². The molecule has 2 aromatic heterocycles. The first-order valence-corrected chi connectivity index (χ1v) is 6.78. The summed E-state index contributed by atoms with van der Waals surface area (Å²) in [5.74, 6) is 0. The first-order valence-electron chi connectivity index (χ1n) is 6.78. The fraction of sp³-hybridized carbons (Fsp3) is 0.125. The minimum absolute atomic E-state index is 0.130. The molecule has 0 atom stereocenters. The van der Waals surface area contributed by atoms with Crippen LogP contribution in [0.1, 0.15) is 5.69 Å². The fourth-order valence-corrected chi connectivity index (χ4v) is 2.88. The van der Waals surface area contributed by atoms with Crippen LogP contribution in [0.2, 0.25) is 0 Å². The van der Waals surface area contributed by atoms with E-state index in [0.29, 0.717) is 0 Å². The summed E-state index contributed by atoms with van der Waals surface area (Å²) in [7, 11) is 1.91. The van der Waals surface area contributed by atoms with Crippen molar-refractivity contribution in [2.75, 3.05) is 0 Å². The van der Waals surface area contributed by atoms with Crippen molar-refractivity contribution < 1.29 is 0 Å². The summed E-state index contributed by atoms with van der Waals surface area (Å²) in [6.45, 7) is 1.99. The maximum Gasteiger partial charge on any atom is 0.331 e. The number of hydrogen-bond acceptors (Lipinski definition) is 2. The molecular weight excluding hydrogens is 264 g/mol. The molecule has 1 N–H and O–H groups in total. The maximum atomic E-state index is 12.3. The number of rotatable bonds is 1. The molecule has 0 aliphatic heterocycles. The van der Waals surface area contributed by atoms with E-state index in [-0.39, 0.29) is 5.69 Å². The molecule has 0 radical (unpaired) electrons. The monoisotopic (exact) mass is 278 g/mol. The SMILES string of the molecule is Cc1nn(C)c2cc(-n3c(=O)[nH]c4ccccc43)ccc12. The van der Waals surface area contributed by atoms with Gasteiger partial charge in [0.15, 0.2) is 0 Å². The quantitative estimate of drug-likeness (QED) is 0.581. The van der Waals surface area contributed by atoms with Gasteiger partial charge in [-0.15, -0.1) is 0 Å². The Morgan fingerprint density at radius 2 is 1.90 bits per heavy atom. The largest absolute Gasteiger partial charge is 0.331 e. The molecule has 0 unspecified atom stereocenters. The van der Waals surface area contributed by atoms with Crippen molar-refractivity contribution in [3.05, 3.63) is 58.6 Å². The number of imidazole rings is 1. The Bertz CT molecular complexity index is 1040. The van der Waals surface area contributed by atoms with Crippen LogP contribution >= 0.6 is 0 Å². The third-order valence-electron chi connectivity index (χ3n) is 3.87. The molecule has 0 amide bonds. The zero-order valence-corrected chi connectivity index (χ0v) is 11.8. The Kier molecular flexibility index (Phi) is 2.33. The molecule has 0 aliphatic rings. The standard InChI is InChI=1S/C16H14N4O/c1-10-12-8-7-11(9-15(12)19(2)18-10)20-14-6-4-3-5-13(14)17-16(20)21/h3-9H,1-2H3,(H,17,21). The Balaban J connectivity index is 2.07. The van der Waals surface area contributed by atoms with Crippen molar-refractivity contribution in [1.29, 1.82) is 0 Å². The summed E-state index contributed by atoms with van der Waals surface area (Å²) in [5.41, 5.74) is 4.43. The van der Waals surface area contributed by atoms with Crippen LogP contribution < -0.4 is 5.69 Å². The fourth-order valence-electron chi connectivity index (χ4n) is 2.88. The lowest BCUT2D eigenvalue weighted by Gasteiger charge is -2.04. The molecule has 0 fully saturated rings. The molecule has 0 saturated carbocycles. The molecule has 5 heteroatoms. The van der Waals surface area contributed by atoms with E-state index in [4.69, 9.17) is 0 Å². The second kappa shape index (κ2) is 4.09. The highest BCUT2D eigenvalue weighted by atomic mass is 16.1. The molecule has 5 nitrogen and oxygen atoms in total. The van der Waals surface area contributed by atoms with Gasteiger partial charge < -0.3 is 4.98 Å². The highest BCUT2D eigenvalue weighted by molar-refractivity contribution is 5.85. The van der Waals surface area contributed by atoms with Crippen molar-refractivity contribution in [2.24, 2.45) is 7.05 Å². The average Bonchev–Trinajstić information content (AvgIpc) is 2.95. The number of H-pyrrole nitrogens is 1. The van der Waals surface area contributed by atoms with Crippen LogP contribution in [0.4, 0.5) is 0 Å². The second-order valence-corrected chi connectivity index (χ2v) is 5.19. The highest BCUT2D eigenvalue weighted by Gasteiger charge is 2.11. The van der Waals surface area contributed by atoms with Gasteiger partial charge in [-0.2, -0.15) is 5.10 Å². The summed E-state index contributed by atoms with van der Waals surface area (Å²) < 4.78 is 3.53. The topological polar surface area (TPSA) is 55.6 Å². The van der Waals surface area contributed by atoms with Gasteiger partial charge in [-0.05, 0) is 37.3 Å². The van der Waals surface area contributed by atoms with Crippen molar-refractivity contribution in [3.8, 4) is 5.69 Å². The smallest absolute Gasteiger partial charge is 0.305 e. The van der Waals surface area contributed by atoms with Gasteiger partial charge in [0.05, 0.1) is 27.9 Å². The van der Waals surface area contributed by atoms with Gasteiger partial charge in [-0.1, -0.05) is 12.1 Å². The van der Waals surface area contributed by atoms with E-state index in [1.807, 2.05) is 61.1 Å². The number of aromatic nitrogens is 4. The van der Waals surface area contributed by atoms with Gasteiger partial charge in [0, 0.05) is 12.4 Å². The van der Waals surface area contributed by atoms with Gasteiger partial charge >= 0.3 is 5.69 Å². The van der Waals surface area contributed by atoms with Crippen molar-refractivity contribution in [2.45, 2.75) is 6.92 Å². The lowest BCUT2D eigenvalue weighted by Crippen LogP contribution is -2.14. The molecule has 0 spiro atoms. The molecule has 104 valence electrons. The van der Waals surface area contributed by atoms with E-state index in [1.54, 1.807) is 4.57 Å². The van der Waals surface area contributed by atoms with Crippen LogP contribution in [0.15, 0.2) is 47.3 Å². The Morgan fingerprint density at radius 3 is 2.76 bits per heavy atom. The number of nitrogens with zero attached hydrogens (tertiary/aromatic N) is 3. The zero-order chi connectivity index (χ0) is 14.6. The Morgan fingerprint density at radius 1 is 1.10 bits per heavy atom. The van der Waals surface area contributed by atoms with Crippen LogP contribution in [0.5, 0.6) is 0 Å². The van der Waals surface area contributed by atoms with E-state index in [9.17, 15) is 4.79 Å². The number of para-hydroxylation sites is 2. The summed E-state index contributed by atoms with van der Waals surface area (Å²) in [4.78, 5) is 15.1. The molecule has 2 aromatic carbocycles. The van der Waals surface area contributed by atoms with Gasteiger partial charge in [0.1, 0.15) is 0 Å². The molecule has 2 heterocycles. The van der Waals surface area contributed by atoms with Gasteiger partial charge in [-0.25, -0.2) is 4.79 Å². The number of benzene rings is 2. The maximum absolute atomic E-state index is 12.3. The normalized spacial score (nSPS) is 11.5. The minimum atomic E-state index is -0.130. The molecule has 21 heavy (non-hydrogen) atoms. The zero-order valence-electron chi connectivity index (χ0n) is 11.8. The highest BCUT2D eigenvalue weighted by Crippen LogP contribution is 2.22. The van der Waals surface area contributed by atoms with Crippen LogP contribution in [0, 0.1) is 6.92 Å². The summed E-state index contributed by atoms with van der Waals surface area (Å²) in [5, 5.41) is 5.52. The predicted molar refractivity (Wildman–Crippen MR) is 82.9 cm³/mol. The number of nitrogens with one attached hydrogen (secondary N) is 1. The third kappa shape index (κ3) is 1.64. The van der Waals surface area contributed by atoms with Crippen LogP contribution in [-0.4, -0.2) is 19.3 Å². The number of fused-ring (bicyclic) bond motifs is 2. The van der Waals surface area contributed by atoms with Gasteiger partial charge in [-0.3, -0.25) is 9.25 Å². The summed E-state index contributed by atoms with van der Waals surface area (Å²) in [6.07, 6.45) is 0. The van der Waals surface area contributed by atoms with E-state index >= 15 is 0 Å². The van der Waals surface area contributed by atoms with Crippen LogP contribution in [0.25, 0.3) is 27.6 Å². The first kappa shape index (κ1) is 12.0. The van der Waals surface area contributed by atoms with Crippen LogP contribution in [-0.2, 0) is 7.05 Å². The van der Waals surface area contributed by atoms with Crippen molar-refractivity contribution in [3.63, 3.8) is 0 Å². The Hall–Kier alpha value is -2.82. The predicted octanol–water partition coefficient (Wildman–Crippen LogP) is 2.51. The van der Waals surface area contributed by atoms with Gasteiger partial charge in [0.2, 0.25) is 0 Å². The van der Waals surface area contributed by atoms with Crippen molar-refractivity contribution in [1.82, 2.24) is 19.3 Å². The summed E-state index contributed by atoms with van der Waals surface area (Å²) >= 11 is 0. The number of aromatic amines is 1. The molecule has 4 rings (SSSR count). The third-order valence-corrected chi connectivity index (χ3v) is 3.87. The number of hydrogen-bond donors (Lipinski definition) is 1. The lowest BCUT2D eigenvalue weighted by atomic mass is 10.2. The molecule has 0 saturated heterocycles. The number of aryl methyl sites for hydroxylation is 2. The van der Waals surface area contributed by atoms with Gasteiger partial charge in [0.25, 0.3) is 0 Å². The van der Waals surface area contributed by atoms with E-state index in [2.05, 4.69) is 10.1 Å². The second-order valence-electron chi connectivity index (χ2n) is 5.19. The Labute approximate surface area is 120 Å². The van der Waals surface area contributed by atoms with E-state index in [1.165, 1.54) is 0 Å². The van der Waals surface area contributed by atoms with Crippen LogP contribution in [0.3, 0.4) is 0 Å². The molecule has 0 bridgehead atoms. The van der Waals surface area contributed by atoms with Crippen molar-refractivity contribution >= 4 is 21.9 Å². The lowest BCUT2D eigenvalue weighted by molar-refractivity contribution is 0.783. The first-order chi connectivity index (χ1) is 10.1. The minimum Gasteiger partial charge on any atom is -0.305 e. The molecule has 4 aromatic rings. The molecule has 0 aliphatic carbocycles. The van der Waals surface area contributed by atoms with E-state index in [0.717, 1.165) is 33.3 Å². The summed E-state index contributed by atoms with van der Waals surface area (Å²) in [6, 6.07) is 13.7. The molecular formula is C16H14N4O.